The van der Waals surface area contributed by atoms with Gasteiger partial charge in [-0.05, 0) is 36.8 Å². The van der Waals surface area contributed by atoms with E-state index in [-0.39, 0.29) is 30.6 Å². The molecule has 2 rings (SSSR count). The molecule has 1 fully saturated rings. The van der Waals surface area contributed by atoms with Crippen LogP contribution in [0.5, 0.6) is 0 Å². The van der Waals surface area contributed by atoms with E-state index in [0.717, 1.165) is 0 Å². The molecule has 1 aliphatic carbocycles. The van der Waals surface area contributed by atoms with Gasteiger partial charge < -0.3 is 5.73 Å². The minimum atomic E-state index is -2.53. The first-order valence-corrected chi connectivity index (χ1v) is 6.33. The average molecular weight is 257 g/mol. The zero-order chi connectivity index (χ0) is 13.2. The fourth-order valence-corrected chi connectivity index (χ4v) is 2.70. The highest BCUT2D eigenvalue weighted by Crippen LogP contribution is 2.40. The second-order valence-electron chi connectivity index (χ2n) is 5.26. The number of nitrogens with two attached hydrogens (primary N) is 1. The van der Waals surface area contributed by atoms with Crippen molar-refractivity contribution in [3.05, 3.63) is 35.6 Å². The fourth-order valence-electron chi connectivity index (χ4n) is 2.70. The Labute approximate surface area is 105 Å². The van der Waals surface area contributed by atoms with Crippen LogP contribution < -0.4 is 5.73 Å². The third-order valence-electron chi connectivity index (χ3n) is 3.58. The molecule has 1 aliphatic rings. The van der Waals surface area contributed by atoms with Crippen LogP contribution >= 0.6 is 0 Å². The average Bonchev–Trinajstić information content (AvgIpc) is 2.61. The van der Waals surface area contributed by atoms with Crippen LogP contribution in [-0.2, 0) is 6.42 Å². The molecular formula is C14H18F3N. The maximum absolute atomic E-state index is 13.4. The van der Waals surface area contributed by atoms with Gasteiger partial charge in [0.15, 0.2) is 0 Å². The molecule has 0 heterocycles. The van der Waals surface area contributed by atoms with Crippen molar-refractivity contribution < 1.29 is 13.2 Å². The summed E-state index contributed by atoms with van der Waals surface area (Å²) < 4.78 is 39.5. The van der Waals surface area contributed by atoms with Gasteiger partial charge in [-0.1, -0.05) is 18.2 Å². The Kier molecular flexibility index (Phi) is 3.95. The molecule has 1 saturated carbocycles. The lowest BCUT2D eigenvalue weighted by atomic mass is 9.94. The van der Waals surface area contributed by atoms with Crippen LogP contribution in [0.4, 0.5) is 13.2 Å². The normalized spacial score (nSPS) is 24.1. The zero-order valence-corrected chi connectivity index (χ0v) is 10.2. The lowest BCUT2D eigenvalue weighted by Crippen LogP contribution is -2.26. The van der Waals surface area contributed by atoms with Crippen LogP contribution in [0.3, 0.4) is 0 Å². The van der Waals surface area contributed by atoms with Gasteiger partial charge in [-0.25, -0.2) is 13.2 Å². The largest absolute Gasteiger partial charge is 0.327 e. The van der Waals surface area contributed by atoms with Crippen molar-refractivity contribution in [2.45, 2.75) is 44.1 Å². The molecular weight excluding hydrogens is 239 g/mol. The molecule has 2 atom stereocenters. The van der Waals surface area contributed by atoms with Crippen LogP contribution in [-0.4, -0.2) is 12.0 Å². The molecule has 0 aromatic heterocycles. The highest BCUT2D eigenvalue weighted by Gasteiger charge is 2.39. The lowest BCUT2D eigenvalue weighted by Gasteiger charge is -2.17. The summed E-state index contributed by atoms with van der Waals surface area (Å²) in [6.07, 6.45) is 1.37. The van der Waals surface area contributed by atoms with Crippen LogP contribution in [0, 0.1) is 11.7 Å². The SMILES string of the molecule is NC(Cc1ccccc1F)CC1CCC(F)(F)C1. The van der Waals surface area contributed by atoms with Gasteiger partial charge in [0, 0.05) is 18.9 Å². The molecule has 1 aromatic carbocycles. The number of benzene rings is 1. The van der Waals surface area contributed by atoms with Crippen LogP contribution in [0.1, 0.15) is 31.2 Å². The summed E-state index contributed by atoms with van der Waals surface area (Å²) in [5.41, 5.74) is 6.50. The second-order valence-corrected chi connectivity index (χ2v) is 5.26. The zero-order valence-electron chi connectivity index (χ0n) is 10.2. The van der Waals surface area contributed by atoms with E-state index in [2.05, 4.69) is 0 Å². The summed E-state index contributed by atoms with van der Waals surface area (Å²) in [5.74, 6) is -2.82. The molecule has 0 bridgehead atoms. The van der Waals surface area contributed by atoms with Crippen LogP contribution in [0.2, 0.25) is 0 Å². The smallest absolute Gasteiger partial charge is 0.248 e. The van der Waals surface area contributed by atoms with E-state index in [4.69, 9.17) is 5.73 Å². The first-order chi connectivity index (χ1) is 8.46. The van der Waals surface area contributed by atoms with E-state index in [1.54, 1.807) is 18.2 Å². The van der Waals surface area contributed by atoms with Gasteiger partial charge in [0.1, 0.15) is 5.82 Å². The number of hydrogen-bond acceptors (Lipinski definition) is 1. The number of alkyl halides is 2. The molecule has 2 unspecified atom stereocenters. The molecule has 0 aliphatic heterocycles. The second kappa shape index (κ2) is 5.31. The van der Waals surface area contributed by atoms with Gasteiger partial charge in [0.2, 0.25) is 5.92 Å². The third-order valence-corrected chi connectivity index (χ3v) is 3.58. The molecule has 4 heteroatoms. The van der Waals surface area contributed by atoms with Crippen LogP contribution in [0.15, 0.2) is 24.3 Å². The Morgan fingerprint density at radius 2 is 2.06 bits per heavy atom. The highest BCUT2D eigenvalue weighted by molar-refractivity contribution is 5.18. The fraction of sp³-hybridized carbons (Fsp3) is 0.571. The predicted octanol–water partition coefficient (Wildman–Crippen LogP) is 3.52. The Balaban J connectivity index is 1.86. The number of rotatable bonds is 4. The maximum atomic E-state index is 13.4. The van der Waals surface area contributed by atoms with Crippen molar-refractivity contribution in [1.29, 1.82) is 0 Å². The van der Waals surface area contributed by atoms with Gasteiger partial charge in [0.25, 0.3) is 0 Å². The van der Waals surface area contributed by atoms with Crippen molar-refractivity contribution in [3.8, 4) is 0 Å². The Morgan fingerprint density at radius 1 is 1.33 bits per heavy atom. The molecule has 0 amide bonds. The van der Waals surface area contributed by atoms with Gasteiger partial charge >= 0.3 is 0 Å². The van der Waals surface area contributed by atoms with Gasteiger partial charge in [0.05, 0.1) is 0 Å². The van der Waals surface area contributed by atoms with E-state index in [1.165, 1.54) is 6.07 Å². The Bertz CT molecular complexity index is 406. The van der Waals surface area contributed by atoms with Crippen LogP contribution in [0.25, 0.3) is 0 Å². The Morgan fingerprint density at radius 3 is 2.67 bits per heavy atom. The predicted molar refractivity (Wildman–Crippen MR) is 65.0 cm³/mol. The van der Waals surface area contributed by atoms with Crippen molar-refractivity contribution in [2.75, 3.05) is 0 Å². The first-order valence-electron chi connectivity index (χ1n) is 6.33. The van der Waals surface area contributed by atoms with Crippen molar-refractivity contribution in [2.24, 2.45) is 11.7 Å². The molecule has 18 heavy (non-hydrogen) atoms. The summed E-state index contributed by atoms with van der Waals surface area (Å²) in [6, 6.07) is 6.22. The van der Waals surface area contributed by atoms with Gasteiger partial charge in [-0.15, -0.1) is 0 Å². The standard InChI is InChI=1S/C14H18F3N/c15-13-4-2-1-3-11(13)8-12(18)7-10-5-6-14(16,17)9-10/h1-4,10,12H,5-9,18H2. The molecule has 2 N–H and O–H groups in total. The maximum Gasteiger partial charge on any atom is 0.248 e. The first kappa shape index (κ1) is 13.4. The summed E-state index contributed by atoms with van der Waals surface area (Å²) in [7, 11) is 0. The summed E-state index contributed by atoms with van der Waals surface area (Å²) >= 11 is 0. The van der Waals surface area contributed by atoms with Crippen molar-refractivity contribution >= 4 is 0 Å². The van der Waals surface area contributed by atoms with Gasteiger partial charge in [-0.3, -0.25) is 0 Å². The minimum Gasteiger partial charge on any atom is -0.327 e. The molecule has 0 saturated heterocycles. The van der Waals surface area contributed by atoms with Crippen molar-refractivity contribution in [3.63, 3.8) is 0 Å². The minimum absolute atomic E-state index is 0.0261. The third kappa shape index (κ3) is 3.48. The van der Waals surface area contributed by atoms with Crippen molar-refractivity contribution in [1.82, 2.24) is 0 Å². The highest BCUT2D eigenvalue weighted by atomic mass is 19.3. The summed E-state index contributed by atoms with van der Waals surface area (Å²) in [5, 5.41) is 0. The van der Waals surface area contributed by atoms with E-state index < -0.39 is 5.92 Å². The number of halogens is 3. The molecule has 1 nitrogen and oxygen atoms in total. The quantitative estimate of drug-likeness (QED) is 0.877. The molecule has 1 aromatic rings. The Hall–Kier alpha value is -1.03. The monoisotopic (exact) mass is 257 g/mol. The molecule has 0 radical (unpaired) electrons. The topological polar surface area (TPSA) is 26.0 Å². The summed E-state index contributed by atoms with van der Waals surface area (Å²) in [6.45, 7) is 0. The molecule has 100 valence electrons. The lowest BCUT2D eigenvalue weighted by molar-refractivity contribution is 0.00448. The van der Waals surface area contributed by atoms with E-state index in [1.807, 2.05) is 0 Å². The number of hydrogen-bond donors (Lipinski definition) is 1. The molecule has 0 spiro atoms. The summed E-state index contributed by atoms with van der Waals surface area (Å²) in [4.78, 5) is 0. The van der Waals surface area contributed by atoms with E-state index in [9.17, 15) is 13.2 Å². The van der Waals surface area contributed by atoms with E-state index in [0.29, 0.717) is 24.8 Å². The van der Waals surface area contributed by atoms with Gasteiger partial charge in [-0.2, -0.15) is 0 Å². The van der Waals surface area contributed by atoms with E-state index >= 15 is 0 Å².